The van der Waals surface area contributed by atoms with Gasteiger partial charge in [-0.05, 0) is 54.3 Å². The Labute approximate surface area is 242 Å². The van der Waals surface area contributed by atoms with Gasteiger partial charge in [0.2, 0.25) is 5.91 Å². The van der Waals surface area contributed by atoms with Crippen molar-refractivity contribution >= 4 is 40.2 Å². The molecular formula is C29H24F4N6O2S. The van der Waals surface area contributed by atoms with E-state index in [0.29, 0.717) is 16.9 Å². The number of benzene rings is 2. The van der Waals surface area contributed by atoms with E-state index in [1.54, 1.807) is 0 Å². The zero-order valence-electron chi connectivity index (χ0n) is 22.6. The molecule has 13 heteroatoms. The first-order valence-electron chi connectivity index (χ1n) is 12.7. The average Bonchev–Trinajstić information content (AvgIpc) is 3.56. The van der Waals surface area contributed by atoms with Gasteiger partial charge in [-0.15, -0.1) is 0 Å². The Bertz CT molecular complexity index is 1700. The molecular weight excluding hydrogens is 572 g/mol. The second-order valence-corrected chi connectivity index (χ2v) is 10.8. The number of anilines is 2. The molecule has 4 aromatic rings. The van der Waals surface area contributed by atoms with Crippen LogP contribution in [-0.2, 0) is 11.0 Å². The molecule has 1 fully saturated rings. The number of rotatable bonds is 5. The third-order valence-corrected chi connectivity index (χ3v) is 7.36. The number of pyridine rings is 1. The maximum atomic E-state index is 15.0. The quantitative estimate of drug-likeness (QED) is 0.246. The molecule has 5 rings (SSSR count). The highest BCUT2D eigenvalue weighted by molar-refractivity contribution is 8.15. The van der Waals surface area contributed by atoms with E-state index < -0.39 is 23.6 Å². The summed E-state index contributed by atoms with van der Waals surface area (Å²) in [5.74, 6) is -0.514. The first kappa shape index (κ1) is 29.0. The predicted octanol–water partition coefficient (Wildman–Crippen LogP) is 7.19. The number of nitrogens with zero attached hydrogens (tertiary/aromatic N) is 5. The number of carbonyl (C=O) groups excluding carboxylic acids is 2. The monoisotopic (exact) mass is 596 g/mol. The van der Waals surface area contributed by atoms with Gasteiger partial charge in [-0.25, -0.2) is 19.2 Å². The molecule has 0 radical (unpaired) electrons. The highest BCUT2D eigenvalue weighted by Gasteiger charge is 2.33. The van der Waals surface area contributed by atoms with Crippen molar-refractivity contribution in [2.24, 2.45) is 4.99 Å². The molecule has 8 nitrogen and oxygen atoms in total. The van der Waals surface area contributed by atoms with Gasteiger partial charge in [0.15, 0.2) is 5.17 Å². The fourth-order valence-corrected chi connectivity index (χ4v) is 5.19. The van der Waals surface area contributed by atoms with Gasteiger partial charge < -0.3 is 5.32 Å². The van der Waals surface area contributed by atoms with E-state index in [0.717, 1.165) is 41.2 Å². The van der Waals surface area contributed by atoms with E-state index in [4.69, 9.17) is 0 Å². The van der Waals surface area contributed by atoms with E-state index in [1.165, 1.54) is 40.2 Å². The normalized spacial score (nSPS) is 14.7. The Morgan fingerprint density at radius 3 is 2.55 bits per heavy atom. The number of hydrogen-bond acceptors (Lipinski definition) is 5. The molecule has 1 saturated heterocycles. The molecule has 3 amide bonds. The van der Waals surface area contributed by atoms with Crippen LogP contribution in [0.2, 0.25) is 0 Å². The highest BCUT2D eigenvalue weighted by Crippen LogP contribution is 2.34. The minimum absolute atomic E-state index is 0.120. The molecule has 0 bridgehead atoms. The standard InChI is InChI=1S/C29H24F4N6O2S/c1-16(2)20-7-4-17(3)10-24(20)39-26(40)14-42-28(39)37-27(41)36-22-8-5-18(11-21(22)30)23-13-38(15-35-23)25-9-6-19(12-34-25)29(31,32)33/h4-13,15-16H,14H2,1-3H3,(H,36,41). The van der Waals surface area contributed by atoms with Crippen molar-refractivity contribution in [3.63, 3.8) is 0 Å². The van der Waals surface area contributed by atoms with E-state index in [9.17, 15) is 27.2 Å². The van der Waals surface area contributed by atoms with Crippen molar-refractivity contribution in [3.05, 3.63) is 89.8 Å². The average molecular weight is 597 g/mol. The zero-order chi connectivity index (χ0) is 30.2. The van der Waals surface area contributed by atoms with Crippen molar-refractivity contribution < 1.29 is 27.2 Å². The van der Waals surface area contributed by atoms with E-state index in [2.05, 4.69) is 20.3 Å². The number of carbonyl (C=O) groups is 2. The van der Waals surface area contributed by atoms with Crippen LogP contribution < -0.4 is 10.2 Å². The van der Waals surface area contributed by atoms with Gasteiger partial charge in [-0.1, -0.05) is 43.8 Å². The second-order valence-electron chi connectivity index (χ2n) is 9.82. The van der Waals surface area contributed by atoms with Gasteiger partial charge in [-0.3, -0.25) is 14.3 Å². The number of alkyl halides is 3. The van der Waals surface area contributed by atoms with Crippen LogP contribution in [-0.4, -0.2) is 37.4 Å². The summed E-state index contributed by atoms with van der Waals surface area (Å²) in [7, 11) is 0. The topological polar surface area (TPSA) is 92.5 Å². The van der Waals surface area contributed by atoms with Crippen LogP contribution in [0, 0.1) is 12.7 Å². The number of halogens is 4. The Kier molecular flexibility index (Phi) is 7.87. The minimum Gasteiger partial charge on any atom is -0.303 e. The molecule has 0 unspecified atom stereocenters. The molecule has 1 N–H and O–H groups in total. The molecule has 0 atom stereocenters. The highest BCUT2D eigenvalue weighted by atomic mass is 32.2. The minimum atomic E-state index is -4.50. The summed E-state index contributed by atoms with van der Waals surface area (Å²) in [6.07, 6.45) is -0.940. The number of nitrogens with one attached hydrogen (secondary N) is 1. The number of urea groups is 1. The molecule has 0 aliphatic carbocycles. The lowest BCUT2D eigenvalue weighted by Gasteiger charge is -2.22. The van der Waals surface area contributed by atoms with Crippen LogP contribution in [0.4, 0.5) is 33.7 Å². The maximum Gasteiger partial charge on any atom is 0.417 e. The third-order valence-electron chi connectivity index (χ3n) is 6.44. The van der Waals surface area contributed by atoms with Crippen LogP contribution in [0.25, 0.3) is 17.1 Å². The third kappa shape index (κ3) is 6.05. The van der Waals surface area contributed by atoms with Gasteiger partial charge >= 0.3 is 12.2 Å². The number of thioether (sulfide) groups is 1. The SMILES string of the molecule is Cc1ccc(C(C)C)c(N2C(=O)CSC2=NC(=O)Nc2ccc(-c3cn(-c4ccc(C(F)(F)F)cn4)cn3)cc2F)c1. The molecule has 42 heavy (non-hydrogen) atoms. The van der Waals surface area contributed by atoms with Gasteiger partial charge in [0.05, 0.1) is 28.4 Å². The van der Waals surface area contributed by atoms with Crippen molar-refractivity contribution in [2.45, 2.75) is 32.9 Å². The zero-order valence-corrected chi connectivity index (χ0v) is 23.4. The van der Waals surface area contributed by atoms with Gasteiger partial charge in [-0.2, -0.15) is 18.2 Å². The Hall–Kier alpha value is -4.52. The molecule has 2 aromatic heterocycles. The van der Waals surface area contributed by atoms with Crippen LogP contribution in [0.3, 0.4) is 0 Å². The molecule has 3 heterocycles. The summed E-state index contributed by atoms with van der Waals surface area (Å²) in [5, 5.41) is 2.62. The lowest BCUT2D eigenvalue weighted by molar-refractivity contribution is -0.137. The second kappa shape index (κ2) is 11.4. The summed E-state index contributed by atoms with van der Waals surface area (Å²) in [6, 6.07) is 11.1. The van der Waals surface area contributed by atoms with Crippen LogP contribution in [0.5, 0.6) is 0 Å². The molecule has 1 aliphatic rings. The summed E-state index contributed by atoms with van der Waals surface area (Å²) < 4.78 is 54.8. The molecule has 0 saturated carbocycles. The van der Waals surface area contributed by atoms with Gasteiger partial charge in [0, 0.05) is 18.0 Å². The summed E-state index contributed by atoms with van der Waals surface area (Å²) in [4.78, 5) is 39.0. The Balaban J connectivity index is 1.33. The maximum absolute atomic E-state index is 15.0. The number of amidine groups is 1. The number of aromatic nitrogens is 3. The van der Waals surface area contributed by atoms with Crippen LogP contribution >= 0.6 is 11.8 Å². The smallest absolute Gasteiger partial charge is 0.303 e. The van der Waals surface area contributed by atoms with Gasteiger partial charge in [0.1, 0.15) is 18.0 Å². The number of hydrogen-bond donors (Lipinski definition) is 1. The van der Waals surface area contributed by atoms with Crippen LogP contribution in [0.1, 0.15) is 36.5 Å². The number of aliphatic imine (C=N–C) groups is 1. The summed E-state index contributed by atoms with van der Waals surface area (Å²) in [5.41, 5.74) is 2.24. The van der Waals surface area contributed by atoms with Crippen molar-refractivity contribution in [1.82, 2.24) is 14.5 Å². The number of imidazole rings is 1. The number of amides is 3. The molecule has 216 valence electrons. The Morgan fingerprint density at radius 1 is 1.10 bits per heavy atom. The van der Waals surface area contributed by atoms with Crippen molar-refractivity contribution in [1.29, 1.82) is 0 Å². The fourth-order valence-electron chi connectivity index (χ4n) is 4.33. The molecule has 2 aromatic carbocycles. The van der Waals surface area contributed by atoms with E-state index in [1.807, 2.05) is 39.0 Å². The van der Waals surface area contributed by atoms with E-state index >= 15 is 0 Å². The first-order chi connectivity index (χ1) is 19.9. The molecule has 0 spiro atoms. The fraction of sp³-hybridized carbons (Fsp3) is 0.207. The summed E-state index contributed by atoms with van der Waals surface area (Å²) in [6.45, 7) is 5.93. The Morgan fingerprint density at radius 2 is 1.88 bits per heavy atom. The van der Waals surface area contributed by atoms with E-state index in [-0.39, 0.29) is 34.3 Å². The summed E-state index contributed by atoms with van der Waals surface area (Å²) >= 11 is 1.13. The van der Waals surface area contributed by atoms with Gasteiger partial charge in [0.25, 0.3) is 0 Å². The first-order valence-corrected chi connectivity index (χ1v) is 13.7. The van der Waals surface area contributed by atoms with Crippen LogP contribution in [0.15, 0.2) is 72.2 Å². The predicted molar refractivity (Wildman–Crippen MR) is 153 cm³/mol. The largest absolute Gasteiger partial charge is 0.417 e. The van der Waals surface area contributed by atoms with Crippen molar-refractivity contribution in [3.8, 4) is 17.1 Å². The lowest BCUT2D eigenvalue weighted by Crippen LogP contribution is -2.31. The van der Waals surface area contributed by atoms with Crippen molar-refractivity contribution in [2.75, 3.05) is 16.0 Å². The lowest BCUT2D eigenvalue weighted by atomic mass is 9.99. The molecule has 1 aliphatic heterocycles. The number of aryl methyl sites for hydroxylation is 1.